The number of amides is 3. The number of carboxylic acids is 1. The highest BCUT2D eigenvalue weighted by Gasteiger charge is 2.35. The SMILES string of the molecule is CSC(C)(C)CNC(=O)N1CC(=O)NCC1C(=O)O. The number of rotatable bonds is 4. The molecule has 0 saturated carbocycles. The maximum Gasteiger partial charge on any atom is 0.328 e. The molecule has 108 valence electrons. The third-order valence-corrected chi connectivity index (χ3v) is 4.20. The molecule has 1 saturated heterocycles. The number of hydrogen-bond donors (Lipinski definition) is 3. The minimum atomic E-state index is -1.13. The van der Waals surface area contributed by atoms with E-state index >= 15 is 0 Å². The second kappa shape index (κ2) is 6.14. The first-order valence-corrected chi connectivity index (χ1v) is 7.08. The molecular formula is C11H19N3O4S. The van der Waals surface area contributed by atoms with Crippen LogP contribution in [0.3, 0.4) is 0 Å². The van der Waals surface area contributed by atoms with Gasteiger partial charge >= 0.3 is 12.0 Å². The smallest absolute Gasteiger partial charge is 0.328 e. The third-order valence-electron chi connectivity index (χ3n) is 2.95. The maximum absolute atomic E-state index is 12.0. The van der Waals surface area contributed by atoms with Gasteiger partial charge < -0.3 is 15.7 Å². The summed E-state index contributed by atoms with van der Waals surface area (Å²) in [5, 5.41) is 14.1. The van der Waals surface area contributed by atoms with Gasteiger partial charge in [0.2, 0.25) is 5.91 Å². The van der Waals surface area contributed by atoms with Crippen molar-refractivity contribution in [3.05, 3.63) is 0 Å². The summed E-state index contributed by atoms with van der Waals surface area (Å²) in [7, 11) is 0. The van der Waals surface area contributed by atoms with E-state index < -0.39 is 18.0 Å². The van der Waals surface area contributed by atoms with Gasteiger partial charge in [-0.3, -0.25) is 9.69 Å². The van der Waals surface area contributed by atoms with E-state index in [2.05, 4.69) is 10.6 Å². The minimum absolute atomic E-state index is 0.0620. The molecule has 1 aliphatic rings. The highest BCUT2D eigenvalue weighted by atomic mass is 32.2. The van der Waals surface area contributed by atoms with Gasteiger partial charge in [-0.1, -0.05) is 0 Å². The quantitative estimate of drug-likeness (QED) is 0.661. The highest BCUT2D eigenvalue weighted by molar-refractivity contribution is 7.99. The summed E-state index contributed by atoms with van der Waals surface area (Å²) in [6.45, 7) is 4.04. The summed E-state index contributed by atoms with van der Waals surface area (Å²) >= 11 is 1.59. The zero-order valence-electron chi connectivity index (χ0n) is 11.2. The largest absolute Gasteiger partial charge is 0.480 e. The van der Waals surface area contributed by atoms with E-state index in [1.54, 1.807) is 11.8 Å². The van der Waals surface area contributed by atoms with Crippen LogP contribution in [0.4, 0.5) is 4.79 Å². The molecule has 1 atom stereocenters. The second-order valence-electron chi connectivity index (χ2n) is 4.91. The van der Waals surface area contributed by atoms with E-state index in [1.807, 2.05) is 20.1 Å². The first kappa shape index (κ1) is 15.6. The molecule has 0 bridgehead atoms. The molecule has 0 radical (unpaired) electrons. The number of urea groups is 1. The fourth-order valence-electron chi connectivity index (χ4n) is 1.54. The lowest BCUT2D eigenvalue weighted by atomic mass is 10.2. The summed E-state index contributed by atoms with van der Waals surface area (Å²) in [6, 6.07) is -1.54. The molecule has 8 heteroatoms. The van der Waals surface area contributed by atoms with Crippen LogP contribution in [0.1, 0.15) is 13.8 Å². The lowest BCUT2D eigenvalue weighted by Gasteiger charge is -2.33. The van der Waals surface area contributed by atoms with Crippen LogP contribution in [0.2, 0.25) is 0 Å². The van der Waals surface area contributed by atoms with Gasteiger partial charge in [-0.25, -0.2) is 9.59 Å². The normalized spacial score (nSPS) is 19.8. The Labute approximate surface area is 116 Å². The van der Waals surface area contributed by atoms with Crippen LogP contribution < -0.4 is 10.6 Å². The minimum Gasteiger partial charge on any atom is -0.480 e. The summed E-state index contributed by atoms with van der Waals surface area (Å²) in [5.74, 6) is -1.48. The Kier molecular flexibility index (Phi) is 5.04. The van der Waals surface area contributed by atoms with Crippen molar-refractivity contribution in [2.75, 3.05) is 25.9 Å². The Morgan fingerprint density at radius 2 is 2.21 bits per heavy atom. The average molecular weight is 289 g/mol. The van der Waals surface area contributed by atoms with Crippen molar-refractivity contribution in [2.45, 2.75) is 24.6 Å². The van der Waals surface area contributed by atoms with E-state index in [0.717, 1.165) is 4.90 Å². The van der Waals surface area contributed by atoms with Crippen molar-refractivity contribution in [3.8, 4) is 0 Å². The van der Waals surface area contributed by atoms with Crippen molar-refractivity contribution in [3.63, 3.8) is 0 Å². The fourth-order valence-corrected chi connectivity index (χ4v) is 1.75. The zero-order valence-corrected chi connectivity index (χ0v) is 12.0. The van der Waals surface area contributed by atoms with Gasteiger partial charge in [0.25, 0.3) is 0 Å². The van der Waals surface area contributed by atoms with Crippen LogP contribution in [0.25, 0.3) is 0 Å². The summed E-state index contributed by atoms with van der Waals surface area (Å²) in [6.07, 6.45) is 1.93. The average Bonchev–Trinajstić information content (AvgIpc) is 2.35. The molecule has 1 heterocycles. The molecule has 3 amide bonds. The van der Waals surface area contributed by atoms with Crippen LogP contribution in [-0.2, 0) is 9.59 Å². The van der Waals surface area contributed by atoms with Gasteiger partial charge in [-0.15, -0.1) is 0 Å². The first-order valence-electron chi connectivity index (χ1n) is 5.86. The zero-order chi connectivity index (χ0) is 14.6. The molecule has 1 unspecified atom stereocenters. The molecule has 3 N–H and O–H groups in total. The van der Waals surface area contributed by atoms with Gasteiger partial charge in [-0.05, 0) is 20.1 Å². The number of carbonyl (C=O) groups is 3. The molecule has 0 aromatic carbocycles. The van der Waals surface area contributed by atoms with E-state index in [1.165, 1.54) is 0 Å². The van der Waals surface area contributed by atoms with E-state index in [4.69, 9.17) is 5.11 Å². The molecule has 0 spiro atoms. The third kappa shape index (κ3) is 4.30. The van der Waals surface area contributed by atoms with Gasteiger partial charge in [0.15, 0.2) is 0 Å². The molecule has 1 aliphatic heterocycles. The number of hydrogen-bond acceptors (Lipinski definition) is 4. The molecule has 0 aromatic rings. The molecule has 19 heavy (non-hydrogen) atoms. The summed E-state index contributed by atoms with van der Waals surface area (Å²) < 4.78 is -0.146. The first-order chi connectivity index (χ1) is 8.76. The van der Waals surface area contributed by atoms with E-state index in [-0.39, 0.29) is 23.7 Å². The van der Waals surface area contributed by atoms with Crippen LogP contribution >= 0.6 is 11.8 Å². The molecule has 0 aliphatic carbocycles. The number of carbonyl (C=O) groups excluding carboxylic acids is 2. The molecule has 1 fully saturated rings. The van der Waals surface area contributed by atoms with E-state index in [9.17, 15) is 14.4 Å². The number of nitrogens with one attached hydrogen (secondary N) is 2. The Balaban J connectivity index is 2.66. The van der Waals surface area contributed by atoms with Crippen molar-refractivity contribution in [2.24, 2.45) is 0 Å². The Morgan fingerprint density at radius 3 is 2.74 bits per heavy atom. The van der Waals surface area contributed by atoms with Crippen LogP contribution in [0.15, 0.2) is 0 Å². The topological polar surface area (TPSA) is 98.7 Å². The fraction of sp³-hybridized carbons (Fsp3) is 0.727. The monoisotopic (exact) mass is 289 g/mol. The van der Waals surface area contributed by atoms with Gasteiger partial charge in [-0.2, -0.15) is 11.8 Å². The molecule has 0 aromatic heterocycles. The van der Waals surface area contributed by atoms with Crippen molar-refractivity contribution >= 4 is 29.7 Å². The second-order valence-corrected chi connectivity index (χ2v) is 6.42. The molecule has 7 nitrogen and oxygen atoms in total. The molecular weight excluding hydrogens is 270 g/mol. The standard InChI is InChI=1S/C11H19N3O4S/c1-11(2,19-3)6-13-10(18)14-5-8(15)12-4-7(14)9(16)17/h7H,4-6H2,1-3H3,(H,12,15)(H,13,18)(H,16,17). The van der Waals surface area contributed by atoms with E-state index in [0.29, 0.717) is 6.54 Å². The number of thioether (sulfide) groups is 1. The van der Waals surface area contributed by atoms with Crippen LogP contribution in [0, 0.1) is 0 Å². The van der Waals surface area contributed by atoms with Gasteiger partial charge in [0.05, 0.1) is 0 Å². The number of aliphatic carboxylic acids is 1. The van der Waals surface area contributed by atoms with Gasteiger partial charge in [0.1, 0.15) is 12.6 Å². The van der Waals surface area contributed by atoms with Gasteiger partial charge in [0, 0.05) is 17.8 Å². The number of nitrogens with zero attached hydrogens (tertiary/aromatic N) is 1. The number of carboxylic acid groups (broad SMARTS) is 1. The predicted molar refractivity (Wildman–Crippen MR) is 72.1 cm³/mol. The summed E-state index contributed by atoms with van der Waals surface area (Å²) in [5.41, 5.74) is 0. The van der Waals surface area contributed by atoms with Crippen molar-refractivity contribution in [1.29, 1.82) is 0 Å². The Hall–Kier alpha value is -1.44. The molecule has 1 rings (SSSR count). The Bertz CT molecular complexity index is 386. The van der Waals surface area contributed by atoms with Crippen LogP contribution in [0.5, 0.6) is 0 Å². The highest BCUT2D eigenvalue weighted by Crippen LogP contribution is 2.19. The maximum atomic E-state index is 12.0. The van der Waals surface area contributed by atoms with Crippen molar-refractivity contribution < 1.29 is 19.5 Å². The predicted octanol–water partition coefficient (Wildman–Crippen LogP) is -0.277. The van der Waals surface area contributed by atoms with Crippen LogP contribution in [-0.4, -0.2) is 64.6 Å². The lowest BCUT2D eigenvalue weighted by Crippen LogP contribution is -2.61. The van der Waals surface area contributed by atoms with Crippen molar-refractivity contribution in [1.82, 2.24) is 15.5 Å². The summed E-state index contributed by atoms with van der Waals surface area (Å²) in [4.78, 5) is 35.4. The lowest BCUT2D eigenvalue weighted by molar-refractivity contribution is -0.144. The number of piperazine rings is 1. The Morgan fingerprint density at radius 1 is 1.58 bits per heavy atom.